The van der Waals surface area contributed by atoms with E-state index in [2.05, 4.69) is 149 Å². The average Bonchev–Trinajstić information content (AvgIpc) is 4.20. The molecular formula is C64H36N6OS. The second-order valence-corrected chi connectivity index (χ2v) is 19.3. The minimum Gasteiger partial charge on any atom is -0.455 e. The van der Waals surface area contributed by atoms with Crippen molar-refractivity contribution in [2.24, 2.45) is 0 Å². The molecule has 0 bridgehead atoms. The molecule has 0 saturated heterocycles. The molecule has 7 nitrogen and oxygen atoms in total. The summed E-state index contributed by atoms with van der Waals surface area (Å²) in [5.41, 5.74) is 12.2. The van der Waals surface area contributed by atoms with Crippen molar-refractivity contribution in [2.45, 2.75) is 0 Å². The van der Waals surface area contributed by atoms with Crippen molar-refractivity contribution in [1.29, 1.82) is 5.26 Å². The molecule has 15 rings (SSSR count). The predicted octanol–water partition coefficient (Wildman–Crippen LogP) is 16.9. The lowest BCUT2D eigenvalue weighted by atomic mass is 10.00. The molecular weight excluding hydrogens is 901 g/mol. The first-order valence-corrected chi connectivity index (χ1v) is 24.7. The van der Waals surface area contributed by atoms with Gasteiger partial charge in [-0.25, -0.2) is 15.0 Å². The van der Waals surface area contributed by atoms with Gasteiger partial charge in [-0.2, -0.15) is 5.26 Å². The van der Waals surface area contributed by atoms with Crippen molar-refractivity contribution in [1.82, 2.24) is 24.1 Å². The van der Waals surface area contributed by atoms with E-state index in [0.29, 0.717) is 39.8 Å². The van der Waals surface area contributed by atoms with Crippen LogP contribution in [0.3, 0.4) is 0 Å². The normalized spacial score (nSPS) is 11.9. The van der Waals surface area contributed by atoms with Crippen LogP contribution in [0.25, 0.3) is 142 Å². The maximum absolute atomic E-state index is 11.6. The highest BCUT2D eigenvalue weighted by atomic mass is 32.1. The summed E-state index contributed by atoms with van der Waals surface area (Å²) in [6.07, 6.45) is 0. The van der Waals surface area contributed by atoms with E-state index in [0.717, 1.165) is 88.0 Å². The van der Waals surface area contributed by atoms with Gasteiger partial charge in [0.25, 0.3) is 0 Å². The number of aromatic nitrogens is 5. The van der Waals surface area contributed by atoms with Gasteiger partial charge in [0, 0.05) is 63.9 Å². The van der Waals surface area contributed by atoms with Gasteiger partial charge >= 0.3 is 0 Å². The van der Waals surface area contributed by atoms with Gasteiger partial charge in [-0.15, -0.1) is 11.3 Å². The number of furan rings is 1. The zero-order valence-electron chi connectivity index (χ0n) is 38.3. The monoisotopic (exact) mass is 936 g/mol. The first-order valence-electron chi connectivity index (χ1n) is 23.9. The molecule has 334 valence electrons. The molecule has 15 aromatic rings. The van der Waals surface area contributed by atoms with Crippen LogP contribution >= 0.6 is 11.3 Å². The molecule has 0 aliphatic carbocycles. The van der Waals surface area contributed by atoms with Crippen molar-refractivity contribution in [2.75, 3.05) is 0 Å². The van der Waals surface area contributed by atoms with Gasteiger partial charge in [0.1, 0.15) is 17.2 Å². The number of hydrogen-bond acceptors (Lipinski definition) is 6. The van der Waals surface area contributed by atoms with Crippen LogP contribution in [0.1, 0.15) is 5.56 Å². The lowest BCUT2D eigenvalue weighted by Gasteiger charge is -2.15. The lowest BCUT2D eigenvalue weighted by molar-refractivity contribution is 0.669. The first kappa shape index (κ1) is 40.2. The van der Waals surface area contributed by atoms with Crippen molar-refractivity contribution in [3.63, 3.8) is 0 Å². The molecule has 5 aromatic heterocycles. The molecule has 5 heterocycles. The fourth-order valence-electron chi connectivity index (χ4n) is 11.0. The molecule has 0 spiro atoms. The molecule has 72 heavy (non-hydrogen) atoms. The Balaban J connectivity index is 1.06. The molecule has 0 atom stereocenters. The molecule has 0 fully saturated rings. The van der Waals surface area contributed by atoms with Crippen LogP contribution < -0.4 is 0 Å². The first-order chi connectivity index (χ1) is 35.6. The van der Waals surface area contributed by atoms with E-state index in [4.69, 9.17) is 19.4 Å². The van der Waals surface area contributed by atoms with Crippen LogP contribution in [-0.4, -0.2) is 24.1 Å². The Hall–Kier alpha value is -9.68. The summed E-state index contributed by atoms with van der Waals surface area (Å²) in [7, 11) is 0. The van der Waals surface area contributed by atoms with Gasteiger partial charge < -0.3 is 13.6 Å². The zero-order valence-corrected chi connectivity index (χ0v) is 39.1. The molecule has 0 aliphatic rings. The minimum atomic E-state index is 0.410. The van der Waals surface area contributed by atoms with Gasteiger partial charge in [-0.1, -0.05) is 146 Å². The highest BCUT2D eigenvalue weighted by molar-refractivity contribution is 7.25. The van der Waals surface area contributed by atoms with Gasteiger partial charge in [0.05, 0.1) is 44.3 Å². The third-order valence-corrected chi connectivity index (χ3v) is 15.3. The van der Waals surface area contributed by atoms with Crippen molar-refractivity contribution in [3.8, 4) is 62.7 Å². The maximum atomic E-state index is 11.6. The Morgan fingerprint density at radius 1 is 0.403 bits per heavy atom. The minimum absolute atomic E-state index is 0.410. The summed E-state index contributed by atoms with van der Waals surface area (Å²) in [4.78, 5) is 15.3. The second-order valence-electron chi connectivity index (χ2n) is 18.2. The van der Waals surface area contributed by atoms with E-state index in [1.165, 1.54) is 20.2 Å². The van der Waals surface area contributed by atoms with Gasteiger partial charge in [0.15, 0.2) is 17.5 Å². The number of nitriles is 1. The molecule has 0 radical (unpaired) electrons. The summed E-state index contributed by atoms with van der Waals surface area (Å²) >= 11 is 1.83. The fourth-order valence-corrected chi connectivity index (χ4v) is 12.0. The third-order valence-electron chi connectivity index (χ3n) is 14.2. The van der Waals surface area contributed by atoms with Crippen LogP contribution in [0.5, 0.6) is 0 Å². The predicted molar refractivity (Wildman–Crippen MR) is 295 cm³/mol. The van der Waals surface area contributed by atoms with E-state index >= 15 is 0 Å². The number of para-hydroxylation sites is 3. The number of benzene rings is 10. The Bertz CT molecular complexity index is 4690. The lowest BCUT2D eigenvalue weighted by Crippen LogP contribution is -2.03. The van der Waals surface area contributed by atoms with Crippen molar-refractivity contribution >= 4 is 97.1 Å². The van der Waals surface area contributed by atoms with Crippen LogP contribution in [0.15, 0.2) is 223 Å². The Morgan fingerprint density at radius 2 is 0.944 bits per heavy atom. The third kappa shape index (κ3) is 6.05. The van der Waals surface area contributed by atoms with E-state index in [1.807, 2.05) is 96.3 Å². The summed E-state index contributed by atoms with van der Waals surface area (Å²) < 4.78 is 14.2. The highest BCUT2D eigenvalue weighted by Crippen LogP contribution is 2.47. The van der Waals surface area contributed by atoms with Crippen LogP contribution in [0, 0.1) is 11.3 Å². The van der Waals surface area contributed by atoms with Gasteiger partial charge in [0.2, 0.25) is 0 Å². The quantitative estimate of drug-likeness (QED) is 0.166. The molecule has 0 amide bonds. The molecule has 0 N–H and O–H groups in total. The molecule has 10 aromatic carbocycles. The summed E-state index contributed by atoms with van der Waals surface area (Å²) in [5.74, 6) is 1.46. The topological polar surface area (TPSA) is 85.5 Å². The zero-order chi connectivity index (χ0) is 47.4. The van der Waals surface area contributed by atoms with Crippen LogP contribution in [-0.2, 0) is 0 Å². The Morgan fingerprint density at radius 3 is 1.68 bits per heavy atom. The summed E-state index contributed by atoms with van der Waals surface area (Å²) in [5, 5.41) is 20.2. The maximum Gasteiger partial charge on any atom is 0.167 e. The van der Waals surface area contributed by atoms with E-state index < -0.39 is 0 Å². The molecule has 0 saturated carbocycles. The smallest absolute Gasteiger partial charge is 0.167 e. The average molecular weight is 937 g/mol. The van der Waals surface area contributed by atoms with Crippen LogP contribution in [0.4, 0.5) is 0 Å². The number of thiophene rings is 1. The standard InChI is InChI=1S/C64H36N6OS/c65-37-42-34-51(64-67-62(38-16-4-1-5-17-38)66-63(68-64)39-18-6-2-7-19-39)61-59(46-24-11-14-26-56(46)71-61)60(42)70-53-30-28-40(41-29-31-58-50(33-41)45-23-12-15-27-57(45)72-58)32-47(53)49-36-54-48(35-55(49)70)44-22-10-13-25-52(44)69(54)43-20-8-3-9-21-43/h1-36H. The largest absolute Gasteiger partial charge is 0.455 e. The summed E-state index contributed by atoms with van der Waals surface area (Å²) in [6, 6.07) is 78.7. The molecule has 8 heteroatoms. The molecule has 0 unspecified atom stereocenters. The van der Waals surface area contributed by atoms with Gasteiger partial charge in [-0.3, -0.25) is 0 Å². The molecule has 0 aliphatic heterocycles. The van der Waals surface area contributed by atoms with Gasteiger partial charge in [-0.05, 0) is 83.9 Å². The number of fused-ring (bicyclic) bond motifs is 12. The number of nitrogens with zero attached hydrogens (tertiary/aromatic N) is 6. The van der Waals surface area contributed by atoms with Crippen LogP contribution in [0.2, 0.25) is 0 Å². The van der Waals surface area contributed by atoms with Crippen molar-refractivity contribution in [3.05, 3.63) is 224 Å². The fraction of sp³-hybridized carbons (Fsp3) is 0. The van der Waals surface area contributed by atoms with E-state index in [1.54, 1.807) is 0 Å². The van der Waals surface area contributed by atoms with E-state index in [9.17, 15) is 5.26 Å². The summed E-state index contributed by atoms with van der Waals surface area (Å²) in [6.45, 7) is 0. The second kappa shape index (κ2) is 15.7. The Labute approximate surface area is 415 Å². The number of hydrogen-bond donors (Lipinski definition) is 0. The SMILES string of the molecule is N#Cc1cc(-c2nc(-c3ccccc3)nc(-c3ccccc3)n2)c2oc3ccccc3c2c1-n1c2ccc(-c3ccc4sc5ccccc5c4c3)cc2c2cc3c(cc21)c1ccccc1n3-c1ccccc1. The highest BCUT2D eigenvalue weighted by Gasteiger charge is 2.27. The number of rotatable bonds is 6. The van der Waals surface area contributed by atoms with E-state index in [-0.39, 0.29) is 0 Å². The van der Waals surface area contributed by atoms with Crippen molar-refractivity contribution < 1.29 is 4.42 Å². The Kier molecular flexibility index (Phi) is 8.76.